The van der Waals surface area contributed by atoms with Crippen molar-refractivity contribution in [2.75, 3.05) is 32.8 Å². The first-order valence-corrected chi connectivity index (χ1v) is 8.91. The molecule has 1 fully saturated rings. The minimum Gasteiger partial charge on any atom is -0.490 e. The van der Waals surface area contributed by atoms with Gasteiger partial charge in [0.25, 0.3) is 0 Å². The van der Waals surface area contributed by atoms with Gasteiger partial charge in [-0.05, 0) is 38.0 Å². The van der Waals surface area contributed by atoms with E-state index in [1.54, 1.807) is 11.8 Å². The van der Waals surface area contributed by atoms with Gasteiger partial charge in [0.2, 0.25) is 0 Å². The smallest absolute Gasteiger partial charge is 0.409 e. The normalized spacial score (nSPS) is 14.7. The molecule has 1 saturated heterocycles. The summed E-state index contributed by atoms with van der Waals surface area (Å²) in [4.78, 5) is 25.2. The van der Waals surface area contributed by atoms with Crippen LogP contribution in [0, 0.1) is 5.82 Å². The number of carbonyl (C=O) groups excluding carboxylic acids is 2. The van der Waals surface area contributed by atoms with Crippen LogP contribution in [0.3, 0.4) is 0 Å². The van der Waals surface area contributed by atoms with Crippen molar-refractivity contribution in [1.82, 2.24) is 15.5 Å². The van der Waals surface area contributed by atoms with Gasteiger partial charge in [-0.1, -0.05) is 11.6 Å². The molecule has 144 valence electrons. The van der Waals surface area contributed by atoms with Crippen molar-refractivity contribution in [2.45, 2.75) is 25.8 Å². The number of ether oxygens (including phenoxy) is 2. The summed E-state index contributed by atoms with van der Waals surface area (Å²) in [6.45, 7) is 3.71. The first-order valence-electron chi connectivity index (χ1n) is 8.53. The number of rotatable bonds is 6. The van der Waals surface area contributed by atoms with Crippen LogP contribution in [-0.4, -0.2) is 55.9 Å². The molecule has 0 radical (unpaired) electrons. The zero-order valence-corrected chi connectivity index (χ0v) is 15.4. The van der Waals surface area contributed by atoms with Crippen molar-refractivity contribution >= 4 is 23.7 Å². The number of benzene rings is 1. The lowest BCUT2D eigenvalue weighted by Gasteiger charge is -2.31. The summed E-state index contributed by atoms with van der Waals surface area (Å²) >= 11 is 5.85. The Labute approximate surface area is 156 Å². The predicted molar refractivity (Wildman–Crippen MR) is 95.1 cm³/mol. The molecule has 7 nitrogen and oxygen atoms in total. The summed E-state index contributed by atoms with van der Waals surface area (Å²) in [7, 11) is 0. The molecule has 0 unspecified atom stereocenters. The first-order chi connectivity index (χ1) is 12.5. The maximum Gasteiger partial charge on any atom is 0.409 e. The molecular weight excluding hydrogens is 365 g/mol. The van der Waals surface area contributed by atoms with Crippen LogP contribution >= 0.6 is 11.6 Å². The van der Waals surface area contributed by atoms with E-state index in [1.165, 1.54) is 18.2 Å². The Balaban J connectivity index is 1.61. The molecule has 1 aromatic carbocycles. The van der Waals surface area contributed by atoms with Crippen LogP contribution in [-0.2, 0) is 4.74 Å². The van der Waals surface area contributed by atoms with Crippen LogP contribution in [0.4, 0.5) is 14.0 Å². The maximum atomic E-state index is 12.9. The molecule has 0 aliphatic carbocycles. The number of nitrogens with zero attached hydrogens (tertiary/aromatic N) is 1. The van der Waals surface area contributed by atoms with Crippen molar-refractivity contribution in [2.24, 2.45) is 0 Å². The van der Waals surface area contributed by atoms with Gasteiger partial charge in [-0.15, -0.1) is 0 Å². The fourth-order valence-electron chi connectivity index (χ4n) is 2.58. The lowest BCUT2D eigenvalue weighted by molar-refractivity contribution is 0.0957. The molecule has 1 aliphatic heterocycles. The quantitative estimate of drug-likeness (QED) is 0.735. The number of amides is 3. The molecule has 0 aromatic heterocycles. The largest absolute Gasteiger partial charge is 0.490 e. The number of piperidine rings is 1. The minimum atomic E-state index is -0.436. The summed E-state index contributed by atoms with van der Waals surface area (Å²) in [6, 6.07) is 3.57. The average Bonchev–Trinajstić information content (AvgIpc) is 2.61. The van der Waals surface area contributed by atoms with Crippen LogP contribution in [0.15, 0.2) is 18.2 Å². The molecule has 9 heteroatoms. The van der Waals surface area contributed by atoms with E-state index in [0.717, 1.165) is 0 Å². The average molecular weight is 388 g/mol. The molecule has 3 amide bonds. The highest BCUT2D eigenvalue weighted by molar-refractivity contribution is 6.32. The van der Waals surface area contributed by atoms with E-state index in [0.29, 0.717) is 38.3 Å². The highest BCUT2D eigenvalue weighted by Gasteiger charge is 2.24. The molecule has 1 heterocycles. The van der Waals surface area contributed by atoms with Crippen LogP contribution < -0.4 is 15.4 Å². The summed E-state index contributed by atoms with van der Waals surface area (Å²) in [6.07, 6.45) is 1.04. The van der Waals surface area contributed by atoms with Gasteiger partial charge in [0.15, 0.2) is 0 Å². The molecule has 1 aromatic rings. The fraction of sp³-hybridized carbons (Fsp3) is 0.529. The van der Waals surface area contributed by atoms with E-state index >= 15 is 0 Å². The maximum absolute atomic E-state index is 12.9. The molecule has 0 atom stereocenters. The van der Waals surface area contributed by atoms with Crippen LogP contribution in [0.25, 0.3) is 0 Å². The molecule has 2 rings (SSSR count). The predicted octanol–water partition coefficient (Wildman–Crippen LogP) is 2.78. The van der Waals surface area contributed by atoms with E-state index < -0.39 is 5.82 Å². The second-order valence-electron chi connectivity index (χ2n) is 5.78. The third kappa shape index (κ3) is 6.25. The lowest BCUT2D eigenvalue weighted by atomic mass is 10.1. The highest BCUT2D eigenvalue weighted by atomic mass is 35.5. The Morgan fingerprint density at radius 2 is 2.08 bits per heavy atom. The second kappa shape index (κ2) is 10.1. The Morgan fingerprint density at radius 1 is 1.35 bits per heavy atom. The summed E-state index contributed by atoms with van der Waals surface area (Å²) < 4.78 is 23.3. The van der Waals surface area contributed by atoms with E-state index in [1.807, 2.05) is 0 Å². The molecular formula is C17H23ClFN3O4. The van der Waals surface area contributed by atoms with Gasteiger partial charge in [-0.25, -0.2) is 14.0 Å². The van der Waals surface area contributed by atoms with Crippen molar-refractivity contribution in [3.63, 3.8) is 0 Å². The second-order valence-corrected chi connectivity index (χ2v) is 6.19. The standard InChI is InChI=1S/C17H23ClFN3O4/c1-2-25-17(24)22-8-5-13(6-9-22)21-16(23)20-7-10-26-15-4-3-12(19)11-14(15)18/h3-4,11,13H,2,5-10H2,1H3,(H2,20,21,23). The van der Waals surface area contributed by atoms with Gasteiger partial charge in [0, 0.05) is 19.1 Å². The van der Waals surface area contributed by atoms with E-state index in [-0.39, 0.29) is 36.3 Å². The monoisotopic (exact) mass is 387 g/mol. The summed E-state index contributed by atoms with van der Waals surface area (Å²) in [5.41, 5.74) is 0. The molecule has 26 heavy (non-hydrogen) atoms. The molecule has 0 spiro atoms. The zero-order chi connectivity index (χ0) is 18.9. The minimum absolute atomic E-state index is 0.00754. The number of halogens is 2. The molecule has 0 saturated carbocycles. The Morgan fingerprint density at radius 3 is 2.73 bits per heavy atom. The number of urea groups is 1. The number of nitrogens with one attached hydrogen (secondary N) is 2. The topological polar surface area (TPSA) is 79.9 Å². The summed E-state index contributed by atoms with van der Waals surface area (Å²) in [5.74, 6) is -0.0736. The number of carbonyl (C=O) groups is 2. The molecule has 1 aliphatic rings. The third-order valence-electron chi connectivity index (χ3n) is 3.90. The van der Waals surface area contributed by atoms with Crippen molar-refractivity contribution in [1.29, 1.82) is 0 Å². The van der Waals surface area contributed by atoms with Crippen molar-refractivity contribution in [3.05, 3.63) is 29.0 Å². The van der Waals surface area contributed by atoms with Crippen LogP contribution in [0.1, 0.15) is 19.8 Å². The van der Waals surface area contributed by atoms with Gasteiger partial charge in [-0.2, -0.15) is 0 Å². The van der Waals surface area contributed by atoms with Gasteiger partial charge >= 0.3 is 12.1 Å². The fourth-order valence-corrected chi connectivity index (χ4v) is 2.80. The summed E-state index contributed by atoms with van der Waals surface area (Å²) in [5, 5.41) is 5.74. The molecule has 2 N–H and O–H groups in total. The lowest BCUT2D eigenvalue weighted by Crippen LogP contribution is -2.49. The number of hydrogen-bond acceptors (Lipinski definition) is 4. The molecule has 0 bridgehead atoms. The number of hydrogen-bond donors (Lipinski definition) is 2. The van der Waals surface area contributed by atoms with E-state index in [4.69, 9.17) is 21.1 Å². The van der Waals surface area contributed by atoms with Gasteiger partial charge in [0.05, 0.1) is 18.2 Å². The Bertz CT molecular complexity index is 624. The number of likely N-dealkylation sites (tertiary alicyclic amines) is 1. The Kier molecular flexibility index (Phi) is 7.77. The highest BCUT2D eigenvalue weighted by Crippen LogP contribution is 2.24. The van der Waals surface area contributed by atoms with Crippen molar-refractivity contribution in [3.8, 4) is 5.75 Å². The van der Waals surface area contributed by atoms with E-state index in [9.17, 15) is 14.0 Å². The van der Waals surface area contributed by atoms with E-state index in [2.05, 4.69) is 10.6 Å². The Hall–Kier alpha value is -2.22. The van der Waals surface area contributed by atoms with Gasteiger partial charge in [0.1, 0.15) is 18.2 Å². The van der Waals surface area contributed by atoms with Crippen LogP contribution in [0.2, 0.25) is 5.02 Å². The van der Waals surface area contributed by atoms with Crippen molar-refractivity contribution < 1.29 is 23.5 Å². The van der Waals surface area contributed by atoms with Gasteiger partial charge < -0.3 is 25.0 Å². The SMILES string of the molecule is CCOC(=O)N1CCC(NC(=O)NCCOc2ccc(F)cc2Cl)CC1. The van der Waals surface area contributed by atoms with Crippen LogP contribution in [0.5, 0.6) is 5.75 Å². The van der Waals surface area contributed by atoms with Gasteiger partial charge in [-0.3, -0.25) is 0 Å². The first kappa shape index (κ1) is 20.1. The third-order valence-corrected chi connectivity index (χ3v) is 4.19. The zero-order valence-electron chi connectivity index (χ0n) is 14.6.